The van der Waals surface area contributed by atoms with E-state index in [1.54, 1.807) is 17.0 Å². The van der Waals surface area contributed by atoms with Crippen molar-refractivity contribution in [3.63, 3.8) is 0 Å². The smallest absolute Gasteiger partial charge is 0.317 e. The van der Waals surface area contributed by atoms with Crippen LogP contribution in [0.4, 0.5) is 5.69 Å². The normalized spacial score (nSPS) is 10.6. The third-order valence-corrected chi connectivity index (χ3v) is 2.50. The maximum absolute atomic E-state index is 10.7. The molecule has 0 spiro atoms. The minimum Gasteiger partial charge on any atom is -0.480 e. The second kappa shape index (κ2) is 7.45. The average molecular weight is 268 g/mol. The number of hydrogen-bond acceptors (Lipinski definition) is 5. The van der Waals surface area contributed by atoms with Gasteiger partial charge in [0.1, 0.15) is 0 Å². The van der Waals surface area contributed by atoms with Crippen molar-refractivity contribution in [3.8, 4) is 0 Å². The zero-order valence-corrected chi connectivity index (χ0v) is 10.6. The van der Waals surface area contributed by atoms with Crippen molar-refractivity contribution >= 4 is 11.7 Å². The molecule has 0 unspecified atom stereocenters. The highest BCUT2D eigenvalue weighted by Gasteiger charge is 2.12. The molecule has 7 heteroatoms. The molecule has 1 aromatic rings. The van der Waals surface area contributed by atoms with Gasteiger partial charge >= 0.3 is 5.97 Å². The molecule has 0 heterocycles. The van der Waals surface area contributed by atoms with Crippen molar-refractivity contribution in [1.82, 2.24) is 4.90 Å². The summed E-state index contributed by atoms with van der Waals surface area (Å²) in [5, 5.41) is 19.5. The molecule has 1 rings (SSSR count). The van der Waals surface area contributed by atoms with E-state index in [0.717, 1.165) is 0 Å². The van der Waals surface area contributed by atoms with Crippen LogP contribution in [0.5, 0.6) is 0 Å². The van der Waals surface area contributed by atoms with Crippen molar-refractivity contribution in [2.45, 2.75) is 6.54 Å². The predicted octanol–water partition coefficient (Wildman–Crippen LogP) is 1.13. The van der Waals surface area contributed by atoms with Gasteiger partial charge in [0.2, 0.25) is 0 Å². The van der Waals surface area contributed by atoms with Crippen LogP contribution in [0.3, 0.4) is 0 Å². The summed E-state index contributed by atoms with van der Waals surface area (Å²) in [6.45, 7) is 1.05. The molecule has 0 atom stereocenters. The van der Waals surface area contributed by atoms with E-state index in [4.69, 9.17) is 9.84 Å². The lowest BCUT2D eigenvalue weighted by atomic mass is 10.2. The maximum Gasteiger partial charge on any atom is 0.317 e. The number of hydrogen-bond donors (Lipinski definition) is 1. The van der Waals surface area contributed by atoms with Crippen LogP contribution in [0, 0.1) is 10.1 Å². The van der Waals surface area contributed by atoms with E-state index in [2.05, 4.69) is 0 Å². The van der Waals surface area contributed by atoms with Gasteiger partial charge in [0.15, 0.2) is 0 Å². The van der Waals surface area contributed by atoms with E-state index in [-0.39, 0.29) is 12.2 Å². The molecule has 0 saturated carbocycles. The van der Waals surface area contributed by atoms with Crippen LogP contribution in [0.2, 0.25) is 0 Å². The molecule has 0 amide bonds. The fraction of sp³-hybridized carbons (Fsp3) is 0.417. The minimum absolute atomic E-state index is 0.000448. The highest BCUT2D eigenvalue weighted by Crippen LogP contribution is 2.14. The highest BCUT2D eigenvalue weighted by atomic mass is 16.6. The Morgan fingerprint density at radius 1 is 1.53 bits per heavy atom. The first-order valence-corrected chi connectivity index (χ1v) is 5.69. The van der Waals surface area contributed by atoms with E-state index >= 15 is 0 Å². The van der Waals surface area contributed by atoms with Crippen molar-refractivity contribution in [1.29, 1.82) is 0 Å². The summed E-state index contributed by atoms with van der Waals surface area (Å²) >= 11 is 0. The number of non-ortho nitro benzene ring substituents is 1. The zero-order valence-electron chi connectivity index (χ0n) is 10.6. The molecule has 19 heavy (non-hydrogen) atoms. The van der Waals surface area contributed by atoms with Crippen molar-refractivity contribution < 1.29 is 19.6 Å². The first kappa shape index (κ1) is 15.1. The third kappa shape index (κ3) is 5.45. The summed E-state index contributed by atoms with van der Waals surface area (Å²) in [5.41, 5.74) is 0.700. The second-order valence-corrected chi connectivity index (χ2v) is 4.02. The lowest BCUT2D eigenvalue weighted by Crippen LogP contribution is -2.32. The van der Waals surface area contributed by atoms with Gasteiger partial charge in [-0.1, -0.05) is 12.1 Å². The van der Waals surface area contributed by atoms with Crippen LogP contribution in [0.25, 0.3) is 0 Å². The van der Waals surface area contributed by atoms with E-state index in [0.29, 0.717) is 25.3 Å². The van der Waals surface area contributed by atoms with Gasteiger partial charge in [0.05, 0.1) is 18.1 Å². The number of aliphatic carboxylic acids is 1. The summed E-state index contributed by atoms with van der Waals surface area (Å²) in [5.74, 6) is -0.943. The lowest BCUT2D eigenvalue weighted by molar-refractivity contribution is -0.384. The zero-order chi connectivity index (χ0) is 14.3. The van der Waals surface area contributed by atoms with E-state index in [9.17, 15) is 14.9 Å². The highest BCUT2D eigenvalue weighted by molar-refractivity contribution is 5.69. The average Bonchev–Trinajstić information content (AvgIpc) is 2.35. The van der Waals surface area contributed by atoms with Gasteiger partial charge in [0, 0.05) is 32.3 Å². The lowest BCUT2D eigenvalue weighted by Gasteiger charge is -2.19. The molecule has 0 saturated heterocycles. The molecule has 0 aliphatic rings. The molecule has 0 radical (unpaired) electrons. The Morgan fingerprint density at radius 3 is 2.84 bits per heavy atom. The van der Waals surface area contributed by atoms with E-state index < -0.39 is 10.9 Å². The molecule has 0 bridgehead atoms. The van der Waals surface area contributed by atoms with Crippen molar-refractivity contribution in [2.24, 2.45) is 0 Å². The number of carboxylic acid groups (broad SMARTS) is 1. The fourth-order valence-electron chi connectivity index (χ4n) is 1.65. The molecule has 1 aromatic carbocycles. The van der Waals surface area contributed by atoms with Gasteiger partial charge in [-0.25, -0.2) is 0 Å². The van der Waals surface area contributed by atoms with Crippen molar-refractivity contribution in [2.75, 3.05) is 26.8 Å². The van der Waals surface area contributed by atoms with Gasteiger partial charge in [0.25, 0.3) is 5.69 Å². The standard InChI is InChI=1S/C12H16N2O5/c1-19-6-5-13(9-12(15)16)8-10-3-2-4-11(7-10)14(17)18/h2-4,7H,5-6,8-9H2,1H3,(H,15,16). The SMILES string of the molecule is COCCN(CC(=O)O)Cc1cccc([N+](=O)[O-])c1. The van der Waals surface area contributed by atoms with Crippen molar-refractivity contribution in [3.05, 3.63) is 39.9 Å². The number of carbonyl (C=O) groups is 1. The second-order valence-electron chi connectivity index (χ2n) is 4.02. The summed E-state index contributed by atoms with van der Waals surface area (Å²) in [7, 11) is 1.53. The van der Waals surface area contributed by atoms with Gasteiger partial charge in [-0.3, -0.25) is 19.8 Å². The van der Waals surface area contributed by atoms with Crippen LogP contribution in [-0.4, -0.2) is 47.7 Å². The Balaban J connectivity index is 2.74. The monoisotopic (exact) mass is 268 g/mol. The van der Waals surface area contributed by atoms with Gasteiger partial charge in [-0.05, 0) is 5.56 Å². The number of carboxylic acids is 1. The largest absolute Gasteiger partial charge is 0.480 e. The Labute approximate surface area is 110 Å². The van der Waals surface area contributed by atoms with Crippen LogP contribution in [0.15, 0.2) is 24.3 Å². The Bertz CT molecular complexity index is 450. The Kier molecular flexibility index (Phi) is 5.91. The molecule has 104 valence electrons. The molecule has 0 aliphatic carbocycles. The molecule has 0 aromatic heterocycles. The molecular weight excluding hydrogens is 252 g/mol. The molecule has 0 fully saturated rings. The topological polar surface area (TPSA) is 92.9 Å². The summed E-state index contributed by atoms with van der Waals surface area (Å²) in [4.78, 5) is 22.6. The van der Waals surface area contributed by atoms with Gasteiger partial charge < -0.3 is 9.84 Å². The summed E-state index contributed by atoms with van der Waals surface area (Å²) < 4.78 is 4.91. The molecule has 7 nitrogen and oxygen atoms in total. The number of nitro benzene ring substituents is 1. The molecular formula is C12H16N2O5. The molecule has 1 N–H and O–H groups in total. The van der Waals surface area contributed by atoms with Crippen LogP contribution in [0.1, 0.15) is 5.56 Å². The van der Waals surface area contributed by atoms with E-state index in [1.165, 1.54) is 19.2 Å². The number of nitro groups is 1. The molecule has 0 aliphatic heterocycles. The first-order valence-electron chi connectivity index (χ1n) is 5.69. The quantitative estimate of drug-likeness (QED) is 0.561. The third-order valence-electron chi connectivity index (χ3n) is 2.50. The number of ether oxygens (including phenoxy) is 1. The minimum atomic E-state index is -0.943. The number of methoxy groups -OCH3 is 1. The number of rotatable bonds is 8. The van der Waals surface area contributed by atoms with Gasteiger partial charge in [-0.15, -0.1) is 0 Å². The number of benzene rings is 1. The van der Waals surface area contributed by atoms with Crippen LogP contribution < -0.4 is 0 Å². The van der Waals surface area contributed by atoms with Crippen LogP contribution in [-0.2, 0) is 16.1 Å². The predicted molar refractivity (Wildman–Crippen MR) is 67.9 cm³/mol. The maximum atomic E-state index is 10.7. The Hall–Kier alpha value is -1.99. The summed E-state index contributed by atoms with van der Waals surface area (Å²) in [6.07, 6.45) is 0. The van der Waals surface area contributed by atoms with Gasteiger partial charge in [-0.2, -0.15) is 0 Å². The van der Waals surface area contributed by atoms with E-state index in [1.807, 2.05) is 0 Å². The first-order chi connectivity index (χ1) is 9.02. The fourth-order valence-corrected chi connectivity index (χ4v) is 1.65. The summed E-state index contributed by atoms with van der Waals surface area (Å²) in [6, 6.07) is 6.17. The Morgan fingerprint density at radius 2 is 2.26 bits per heavy atom. The van der Waals surface area contributed by atoms with Crippen LogP contribution >= 0.6 is 0 Å². The number of nitrogens with zero attached hydrogens (tertiary/aromatic N) is 2.